The third kappa shape index (κ3) is 4.72. The summed E-state index contributed by atoms with van der Waals surface area (Å²) in [4.78, 5) is 12.6. The van der Waals surface area contributed by atoms with Crippen molar-refractivity contribution in [3.05, 3.63) is 45.9 Å². The molecule has 2 N–H and O–H groups in total. The van der Waals surface area contributed by atoms with Crippen LogP contribution in [0.3, 0.4) is 0 Å². The first kappa shape index (κ1) is 17.7. The summed E-state index contributed by atoms with van der Waals surface area (Å²) in [5, 5.41) is 8.11. The standard InChI is InChI=1S/C19H27N5S/c1-14-18(25-15(2)22-14)13-21-19(20-3)23-16-9-11-24(12-10-16)17-7-5-4-6-8-17/h4-8,16H,9-13H2,1-3H3,(H2,20,21,23). The molecule has 6 heteroatoms. The maximum atomic E-state index is 4.48. The largest absolute Gasteiger partial charge is 0.371 e. The summed E-state index contributed by atoms with van der Waals surface area (Å²) < 4.78 is 0. The molecule has 0 bridgehead atoms. The Bertz CT molecular complexity index is 702. The number of aryl methyl sites for hydroxylation is 2. The molecular formula is C19H27N5S. The number of rotatable bonds is 4. The molecule has 2 heterocycles. The SMILES string of the molecule is CN=C(NCc1sc(C)nc1C)NC1CCN(c2ccccc2)CC1. The van der Waals surface area contributed by atoms with E-state index in [4.69, 9.17) is 0 Å². The average molecular weight is 358 g/mol. The fraction of sp³-hybridized carbons (Fsp3) is 0.474. The molecule has 3 rings (SSSR count). The quantitative estimate of drug-likeness (QED) is 0.652. The number of benzene rings is 1. The number of piperidine rings is 1. The number of hydrogen-bond donors (Lipinski definition) is 2. The van der Waals surface area contributed by atoms with E-state index >= 15 is 0 Å². The molecule has 1 aliphatic heterocycles. The van der Waals surface area contributed by atoms with Crippen molar-refractivity contribution in [2.75, 3.05) is 25.0 Å². The minimum atomic E-state index is 0.468. The van der Waals surface area contributed by atoms with Crippen LogP contribution in [-0.4, -0.2) is 37.1 Å². The number of para-hydroxylation sites is 1. The zero-order chi connectivity index (χ0) is 17.6. The van der Waals surface area contributed by atoms with Crippen molar-refractivity contribution >= 4 is 23.0 Å². The van der Waals surface area contributed by atoms with Gasteiger partial charge in [0.15, 0.2) is 5.96 Å². The van der Waals surface area contributed by atoms with E-state index in [9.17, 15) is 0 Å². The Morgan fingerprint density at radius 2 is 1.96 bits per heavy atom. The zero-order valence-corrected chi connectivity index (χ0v) is 16.1. The number of thiazole rings is 1. The van der Waals surface area contributed by atoms with Gasteiger partial charge in [-0.3, -0.25) is 4.99 Å². The normalized spacial score (nSPS) is 16.1. The van der Waals surface area contributed by atoms with Crippen molar-refractivity contribution in [2.45, 2.75) is 39.3 Å². The fourth-order valence-corrected chi connectivity index (χ4v) is 4.09. The van der Waals surface area contributed by atoms with Crippen LogP contribution in [-0.2, 0) is 6.54 Å². The monoisotopic (exact) mass is 357 g/mol. The van der Waals surface area contributed by atoms with Crippen LogP contribution >= 0.6 is 11.3 Å². The van der Waals surface area contributed by atoms with Crippen molar-refractivity contribution in [1.82, 2.24) is 15.6 Å². The maximum absolute atomic E-state index is 4.48. The Labute approximate surface area is 154 Å². The molecule has 1 saturated heterocycles. The van der Waals surface area contributed by atoms with Crippen LogP contribution in [0.2, 0.25) is 0 Å². The maximum Gasteiger partial charge on any atom is 0.191 e. The highest BCUT2D eigenvalue weighted by molar-refractivity contribution is 7.11. The number of nitrogens with one attached hydrogen (secondary N) is 2. The first-order valence-corrected chi connectivity index (χ1v) is 9.67. The Balaban J connectivity index is 1.48. The molecule has 0 radical (unpaired) electrons. The second kappa shape index (κ2) is 8.34. The van der Waals surface area contributed by atoms with Crippen LogP contribution in [0.25, 0.3) is 0 Å². The first-order valence-electron chi connectivity index (χ1n) is 8.86. The Kier molecular flexibility index (Phi) is 5.91. The topological polar surface area (TPSA) is 52.6 Å². The molecule has 0 spiro atoms. The Morgan fingerprint density at radius 3 is 2.56 bits per heavy atom. The lowest BCUT2D eigenvalue weighted by molar-refractivity contribution is 0.461. The molecule has 2 aromatic rings. The van der Waals surface area contributed by atoms with E-state index in [1.807, 2.05) is 7.05 Å². The molecular weight excluding hydrogens is 330 g/mol. The van der Waals surface area contributed by atoms with Crippen LogP contribution < -0.4 is 15.5 Å². The summed E-state index contributed by atoms with van der Waals surface area (Å²) in [6.45, 7) is 7.04. The summed E-state index contributed by atoms with van der Waals surface area (Å²) in [6.07, 6.45) is 2.24. The summed E-state index contributed by atoms with van der Waals surface area (Å²) >= 11 is 1.75. The van der Waals surface area contributed by atoms with Crippen molar-refractivity contribution in [1.29, 1.82) is 0 Å². The molecule has 0 atom stereocenters. The highest BCUT2D eigenvalue weighted by Crippen LogP contribution is 2.19. The number of hydrogen-bond acceptors (Lipinski definition) is 4. The lowest BCUT2D eigenvalue weighted by atomic mass is 10.0. The van der Waals surface area contributed by atoms with E-state index in [0.717, 1.165) is 49.1 Å². The van der Waals surface area contributed by atoms with Gasteiger partial charge in [-0.15, -0.1) is 11.3 Å². The van der Waals surface area contributed by atoms with Crippen molar-refractivity contribution in [3.63, 3.8) is 0 Å². The van der Waals surface area contributed by atoms with Crippen molar-refractivity contribution < 1.29 is 0 Å². The van der Waals surface area contributed by atoms with Crippen LogP contribution in [0, 0.1) is 13.8 Å². The molecule has 0 aliphatic carbocycles. The van der Waals surface area contributed by atoms with Gasteiger partial charge in [-0.1, -0.05) is 18.2 Å². The van der Waals surface area contributed by atoms with Gasteiger partial charge in [0.05, 0.1) is 17.2 Å². The third-order valence-electron chi connectivity index (χ3n) is 4.60. The van der Waals surface area contributed by atoms with Gasteiger partial charge in [0.2, 0.25) is 0 Å². The number of guanidine groups is 1. The third-order valence-corrected chi connectivity index (χ3v) is 5.67. The van der Waals surface area contributed by atoms with Crippen molar-refractivity contribution in [3.8, 4) is 0 Å². The van der Waals surface area contributed by atoms with Crippen molar-refractivity contribution in [2.24, 2.45) is 4.99 Å². The molecule has 134 valence electrons. The molecule has 25 heavy (non-hydrogen) atoms. The van der Waals surface area contributed by atoms with Gasteiger partial charge in [0, 0.05) is 36.7 Å². The van der Waals surface area contributed by atoms with E-state index < -0.39 is 0 Å². The summed E-state index contributed by atoms with van der Waals surface area (Å²) in [5.74, 6) is 0.878. The molecule has 0 amide bonds. The summed E-state index contributed by atoms with van der Waals surface area (Å²) in [7, 11) is 1.83. The molecule has 5 nitrogen and oxygen atoms in total. The van der Waals surface area contributed by atoms with Gasteiger partial charge in [-0.2, -0.15) is 0 Å². The average Bonchev–Trinajstić information content (AvgIpc) is 2.97. The van der Waals surface area contributed by atoms with E-state index in [0.29, 0.717) is 6.04 Å². The number of nitrogens with zero attached hydrogens (tertiary/aromatic N) is 3. The Hall–Kier alpha value is -2.08. The zero-order valence-electron chi connectivity index (χ0n) is 15.2. The number of aromatic nitrogens is 1. The van der Waals surface area contributed by atoms with Gasteiger partial charge < -0.3 is 15.5 Å². The highest BCUT2D eigenvalue weighted by atomic mass is 32.1. The van der Waals surface area contributed by atoms with Gasteiger partial charge >= 0.3 is 0 Å². The lowest BCUT2D eigenvalue weighted by Crippen LogP contribution is -2.48. The van der Waals surface area contributed by atoms with Crippen LogP contribution in [0.5, 0.6) is 0 Å². The van der Waals surface area contributed by atoms with Crippen LogP contribution in [0.4, 0.5) is 5.69 Å². The van der Waals surface area contributed by atoms with Gasteiger partial charge in [0.25, 0.3) is 0 Å². The molecule has 0 unspecified atom stereocenters. The first-order chi connectivity index (χ1) is 12.2. The predicted octanol–water partition coefficient (Wildman–Crippen LogP) is 3.09. The van der Waals surface area contributed by atoms with Gasteiger partial charge in [-0.25, -0.2) is 4.98 Å². The molecule has 1 fully saturated rings. The number of aliphatic imine (C=N–C) groups is 1. The molecule has 1 aromatic heterocycles. The van der Waals surface area contributed by atoms with Crippen LogP contribution in [0.1, 0.15) is 28.4 Å². The fourth-order valence-electron chi connectivity index (χ4n) is 3.21. The van der Waals surface area contributed by atoms with E-state index in [1.165, 1.54) is 10.6 Å². The smallest absolute Gasteiger partial charge is 0.191 e. The summed E-state index contributed by atoms with van der Waals surface area (Å²) in [5.41, 5.74) is 2.43. The lowest BCUT2D eigenvalue weighted by Gasteiger charge is -2.34. The minimum absolute atomic E-state index is 0.468. The van der Waals surface area contributed by atoms with E-state index in [1.54, 1.807) is 11.3 Å². The van der Waals surface area contributed by atoms with Crippen LogP contribution in [0.15, 0.2) is 35.3 Å². The highest BCUT2D eigenvalue weighted by Gasteiger charge is 2.20. The molecule has 0 saturated carbocycles. The second-order valence-electron chi connectivity index (χ2n) is 6.41. The Morgan fingerprint density at radius 1 is 1.24 bits per heavy atom. The number of anilines is 1. The van der Waals surface area contributed by atoms with Gasteiger partial charge in [-0.05, 0) is 38.8 Å². The van der Waals surface area contributed by atoms with Gasteiger partial charge in [0.1, 0.15) is 0 Å². The van der Waals surface area contributed by atoms with E-state index in [2.05, 4.69) is 69.7 Å². The second-order valence-corrected chi connectivity index (χ2v) is 7.70. The van der Waals surface area contributed by atoms with E-state index in [-0.39, 0.29) is 0 Å². The molecule has 1 aliphatic rings. The molecule has 1 aromatic carbocycles. The minimum Gasteiger partial charge on any atom is -0.371 e. The predicted molar refractivity (Wildman–Crippen MR) is 107 cm³/mol. The summed E-state index contributed by atoms with van der Waals surface area (Å²) in [6, 6.07) is 11.1.